The molecule has 0 amide bonds. The molecule has 0 rings (SSSR count). The highest BCUT2D eigenvalue weighted by Gasteiger charge is 2.27. The van der Waals surface area contributed by atoms with E-state index in [1.54, 1.807) is 0 Å². The van der Waals surface area contributed by atoms with Crippen molar-refractivity contribution in [2.75, 3.05) is 11.5 Å². The third-order valence-corrected chi connectivity index (χ3v) is 2.52. The zero-order valence-electron chi connectivity index (χ0n) is 7.49. The lowest BCUT2D eigenvalue weighted by Gasteiger charge is -2.04. The van der Waals surface area contributed by atoms with Crippen molar-refractivity contribution in [3.63, 3.8) is 0 Å². The van der Waals surface area contributed by atoms with Gasteiger partial charge in [-0.1, -0.05) is 6.92 Å². The van der Waals surface area contributed by atoms with Crippen molar-refractivity contribution in [3.8, 4) is 0 Å². The van der Waals surface area contributed by atoms with E-state index in [0.29, 0.717) is 0 Å². The molecule has 0 radical (unpaired) electrons. The molecule has 0 saturated carbocycles. The van der Waals surface area contributed by atoms with Gasteiger partial charge in [0.1, 0.15) is 5.78 Å². The normalized spacial score (nSPS) is 11.7. The lowest BCUT2D eigenvalue weighted by molar-refractivity contribution is -0.142. The predicted octanol–water partition coefficient (Wildman–Crippen LogP) is 3.04. The van der Waals surface area contributed by atoms with Crippen molar-refractivity contribution in [2.24, 2.45) is 0 Å². The standard InChI is InChI=1S/C8H13F3OS/c1-2-5-13-6-7(12)3-4-8(9,10)11/h2-6H2,1H3. The largest absolute Gasteiger partial charge is 0.389 e. The van der Waals surface area contributed by atoms with Gasteiger partial charge >= 0.3 is 6.18 Å². The number of rotatable bonds is 6. The molecule has 1 nitrogen and oxygen atoms in total. The first-order valence-corrected chi connectivity index (χ1v) is 5.27. The number of hydrogen-bond donors (Lipinski definition) is 0. The van der Waals surface area contributed by atoms with E-state index in [1.807, 2.05) is 6.92 Å². The zero-order chi connectivity index (χ0) is 10.3. The fourth-order valence-corrected chi connectivity index (χ4v) is 1.49. The molecule has 0 spiro atoms. The minimum absolute atomic E-state index is 0.212. The van der Waals surface area contributed by atoms with E-state index < -0.39 is 12.6 Å². The summed E-state index contributed by atoms with van der Waals surface area (Å²) >= 11 is 1.40. The highest BCUT2D eigenvalue weighted by molar-refractivity contribution is 7.99. The van der Waals surface area contributed by atoms with Gasteiger partial charge in [0.05, 0.1) is 12.2 Å². The summed E-state index contributed by atoms with van der Waals surface area (Å²) in [7, 11) is 0. The maximum absolute atomic E-state index is 11.6. The van der Waals surface area contributed by atoms with Crippen LogP contribution in [0.25, 0.3) is 0 Å². The molecule has 0 aliphatic rings. The average Bonchev–Trinajstić information content (AvgIpc) is 2.00. The summed E-state index contributed by atoms with van der Waals surface area (Å²) in [5.74, 6) is 0.734. The Morgan fingerprint density at radius 2 is 2.00 bits per heavy atom. The number of thioether (sulfide) groups is 1. The van der Waals surface area contributed by atoms with Crippen LogP contribution in [0.5, 0.6) is 0 Å². The van der Waals surface area contributed by atoms with Crippen molar-refractivity contribution in [2.45, 2.75) is 32.4 Å². The predicted molar refractivity (Wildman–Crippen MR) is 47.9 cm³/mol. The number of hydrogen-bond acceptors (Lipinski definition) is 2. The summed E-state index contributed by atoms with van der Waals surface area (Å²) in [6.07, 6.45) is -4.62. The summed E-state index contributed by atoms with van der Waals surface area (Å²) in [5.41, 5.74) is 0. The van der Waals surface area contributed by atoms with E-state index in [9.17, 15) is 18.0 Å². The maximum atomic E-state index is 11.6. The van der Waals surface area contributed by atoms with Gasteiger partial charge in [-0.05, 0) is 12.2 Å². The average molecular weight is 214 g/mol. The number of ketones is 1. The van der Waals surface area contributed by atoms with Crippen LogP contribution in [0.3, 0.4) is 0 Å². The Morgan fingerprint density at radius 3 is 2.46 bits per heavy atom. The van der Waals surface area contributed by atoms with Crippen LogP contribution in [0.15, 0.2) is 0 Å². The smallest absolute Gasteiger partial charge is 0.299 e. The second-order valence-electron chi connectivity index (χ2n) is 2.71. The molecule has 0 atom stereocenters. The third-order valence-electron chi connectivity index (χ3n) is 1.30. The summed E-state index contributed by atoms with van der Waals surface area (Å²) in [6, 6.07) is 0. The summed E-state index contributed by atoms with van der Waals surface area (Å²) in [4.78, 5) is 10.8. The highest BCUT2D eigenvalue weighted by Crippen LogP contribution is 2.21. The van der Waals surface area contributed by atoms with E-state index in [2.05, 4.69) is 0 Å². The van der Waals surface area contributed by atoms with Crippen LogP contribution in [-0.2, 0) is 4.79 Å². The molecule has 0 aliphatic carbocycles. The van der Waals surface area contributed by atoms with Crippen molar-refractivity contribution in [3.05, 3.63) is 0 Å². The Labute approximate surface area is 80.1 Å². The Morgan fingerprint density at radius 1 is 1.38 bits per heavy atom. The van der Waals surface area contributed by atoms with Crippen LogP contribution in [0.2, 0.25) is 0 Å². The fourth-order valence-electron chi connectivity index (χ4n) is 0.684. The first-order valence-electron chi connectivity index (χ1n) is 4.12. The van der Waals surface area contributed by atoms with Crippen LogP contribution >= 0.6 is 11.8 Å². The van der Waals surface area contributed by atoms with Gasteiger partial charge in [-0.15, -0.1) is 0 Å². The van der Waals surface area contributed by atoms with Crippen molar-refractivity contribution >= 4 is 17.5 Å². The summed E-state index contributed by atoms with van der Waals surface area (Å²) in [5, 5.41) is 0. The molecular weight excluding hydrogens is 201 g/mol. The van der Waals surface area contributed by atoms with E-state index in [4.69, 9.17) is 0 Å². The Kier molecular flexibility index (Phi) is 6.20. The minimum atomic E-state index is -4.20. The topological polar surface area (TPSA) is 17.1 Å². The molecule has 5 heteroatoms. The SMILES string of the molecule is CCCSCC(=O)CCC(F)(F)F. The minimum Gasteiger partial charge on any atom is -0.299 e. The van der Waals surface area contributed by atoms with Gasteiger partial charge in [0.2, 0.25) is 0 Å². The zero-order valence-corrected chi connectivity index (χ0v) is 8.30. The second-order valence-corrected chi connectivity index (χ2v) is 3.81. The molecule has 13 heavy (non-hydrogen) atoms. The fraction of sp³-hybridized carbons (Fsp3) is 0.875. The number of carbonyl (C=O) groups is 1. The van der Waals surface area contributed by atoms with Gasteiger partial charge < -0.3 is 0 Å². The highest BCUT2D eigenvalue weighted by atomic mass is 32.2. The second kappa shape index (κ2) is 6.29. The molecule has 0 aromatic heterocycles. The Bertz CT molecular complexity index is 156. The number of carbonyl (C=O) groups excluding carboxylic acids is 1. The lowest BCUT2D eigenvalue weighted by atomic mass is 10.2. The summed E-state index contributed by atoms with van der Waals surface area (Å²) in [6.45, 7) is 1.97. The first kappa shape index (κ1) is 12.8. The maximum Gasteiger partial charge on any atom is 0.389 e. The molecule has 0 fully saturated rings. The molecule has 0 aromatic carbocycles. The molecule has 0 bridgehead atoms. The summed E-state index contributed by atoms with van der Waals surface area (Å²) < 4.78 is 34.9. The molecule has 0 aliphatic heterocycles. The lowest BCUT2D eigenvalue weighted by Crippen LogP contribution is -2.12. The first-order chi connectivity index (χ1) is 5.95. The van der Waals surface area contributed by atoms with Crippen LogP contribution in [-0.4, -0.2) is 23.5 Å². The van der Waals surface area contributed by atoms with E-state index in [1.165, 1.54) is 11.8 Å². The number of Topliss-reactive ketones (excluding diaryl/α,β-unsaturated/α-hetero) is 1. The van der Waals surface area contributed by atoms with E-state index >= 15 is 0 Å². The van der Waals surface area contributed by atoms with Gasteiger partial charge in [0, 0.05) is 6.42 Å². The number of alkyl halides is 3. The number of halogens is 3. The van der Waals surface area contributed by atoms with Gasteiger partial charge in [-0.3, -0.25) is 4.79 Å². The van der Waals surface area contributed by atoms with Crippen LogP contribution < -0.4 is 0 Å². The van der Waals surface area contributed by atoms with Crippen LogP contribution in [0.1, 0.15) is 26.2 Å². The van der Waals surface area contributed by atoms with Crippen LogP contribution in [0.4, 0.5) is 13.2 Å². The molecule has 0 unspecified atom stereocenters. The third kappa shape index (κ3) is 9.73. The van der Waals surface area contributed by atoms with Crippen molar-refractivity contribution in [1.82, 2.24) is 0 Å². The van der Waals surface area contributed by atoms with Crippen LogP contribution in [0, 0.1) is 0 Å². The van der Waals surface area contributed by atoms with Crippen molar-refractivity contribution in [1.29, 1.82) is 0 Å². The quantitative estimate of drug-likeness (QED) is 0.632. The molecule has 0 heterocycles. The van der Waals surface area contributed by atoms with E-state index in [0.717, 1.165) is 12.2 Å². The van der Waals surface area contributed by atoms with Gasteiger partial charge in [0.25, 0.3) is 0 Å². The molecule has 0 saturated heterocycles. The van der Waals surface area contributed by atoms with E-state index in [-0.39, 0.29) is 18.0 Å². The van der Waals surface area contributed by atoms with Gasteiger partial charge in [-0.25, -0.2) is 0 Å². The van der Waals surface area contributed by atoms with Gasteiger partial charge in [0.15, 0.2) is 0 Å². The Hall–Kier alpha value is -0.190. The molecular formula is C8H13F3OS. The molecule has 0 aromatic rings. The van der Waals surface area contributed by atoms with Crippen molar-refractivity contribution < 1.29 is 18.0 Å². The van der Waals surface area contributed by atoms with Gasteiger partial charge in [-0.2, -0.15) is 24.9 Å². The molecule has 0 N–H and O–H groups in total. The monoisotopic (exact) mass is 214 g/mol. The molecule has 78 valence electrons. The Balaban J connectivity index is 3.41.